The summed E-state index contributed by atoms with van der Waals surface area (Å²) in [5, 5.41) is 11.6. The van der Waals surface area contributed by atoms with Gasteiger partial charge in [-0.15, -0.1) is 0 Å². The SMILES string of the molecule is CNC(=O)COc1ccccc1O. The highest BCUT2D eigenvalue weighted by molar-refractivity contribution is 5.77. The molecule has 0 unspecified atom stereocenters. The molecule has 4 heteroatoms. The molecular formula is C9H11NO3. The molecule has 0 aromatic heterocycles. The third-order valence-corrected chi connectivity index (χ3v) is 1.50. The fourth-order valence-electron chi connectivity index (χ4n) is 0.795. The molecule has 1 aromatic carbocycles. The molecule has 0 aliphatic heterocycles. The Kier molecular flexibility index (Phi) is 3.14. The number of phenolic OH excluding ortho intramolecular Hbond substituents is 1. The van der Waals surface area contributed by atoms with Crippen LogP contribution in [0.2, 0.25) is 0 Å². The van der Waals surface area contributed by atoms with Crippen molar-refractivity contribution in [3.8, 4) is 11.5 Å². The fourth-order valence-corrected chi connectivity index (χ4v) is 0.795. The van der Waals surface area contributed by atoms with E-state index in [0.29, 0.717) is 5.75 Å². The van der Waals surface area contributed by atoms with E-state index >= 15 is 0 Å². The number of carbonyl (C=O) groups excluding carboxylic acids is 1. The van der Waals surface area contributed by atoms with Crippen LogP contribution >= 0.6 is 0 Å². The normalized spacial score (nSPS) is 9.31. The molecule has 0 atom stereocenters. The number of phenols is 1. The summed E-state index contributed by atoms with van der Waals surface area (Å²) in [4.78, 5) is 10.8. The van der Waals surface area contributed by atoms with Crippen LogP contribution in [-0.4, -0.2) is 24.7 Å². The lowest BCUT2D eigenvalue weighted by Crippen LogP contribution is -2.24. The maximum Gasteiger partial charge on any atom is 0.257 e. The van der Waals surface area contributed by atoms with Gasteiger partial charge in [-0.2, -0.15) is 0 Å². The zero-order chi connectivity index (χ0) is 9.68. The minimum atomic E-state index is -0.233. The molecule has 4 nitrogen and oxygen atoms in total. The maximum atomic E-state index is 10.8. The van der Waals surface area contributed by atoms with Crippen LogP contribution in [0.3, 0.4) is 0 Å². The summed E-state index contributed by atoms with van der Waals surface area (Å²) < 4.78 is 5.03. The zero-order valence-corrected chi connectivity index (χ0v) is 7.28. The van der Waals surface area contributed by atoms with Crippen molar-refractivity contribution in [3.63, 3.8) is 0 Å². The second kappa shape index (κ2) is 4.35. The molecule has 0 saturated heterocycles. The lowest BCUT2D eigenvalue weighted by Gasteiger charge is -2.05. The van der Waals surface area contributed by atoms with E-state index in [0.717, 1.165) is 0 Å². The van der Waals surface area contributed by atoms with Gasteiger partial charge < -0.3 is 15.2 Å². The van der Waals surface area contributed by atoms with Gasteiger partial charge in [-0.3, -0.25) is 4.79 Å². The number of hydrogen-bond acceptors (Lipinski definition) is 3. The number of amides is 1. The molecule has 0 bridgehead atoms. The monoisotopic (exact) mass is 181 g/mol. The Morgan fingerprint density at radius 3 is 2.85 bits per heavy atom. The average molecular weight is 181 g/mol. The van der Waals surface area contributed by atoms with Crippen LogP contribution in [0.1, 0.15) is 0 Å². The molecule has 13 heavy (non-hydrogen) atoms. The Morgan fingerprint density at radius 1 is 1.54 bits per heavy atom. The number of likely N-dealkylation sites (N-methyl/N-ethyl adjacent to an activating group) is 1. The fraction of sp³-hybridized carbons (Fsp3) is 0.222. The standard InChI is InChI=1S/C9H11NO3/c1-10-9(12)6-13-8-5-3-2-4-7(8)11/h2-5,11H,6H2,1H3,(H,10,12). The molecule has 0 heterocycles. The number of ether oxygens (including phenoxy) is 1. The number of nitrogens with one attached hydrogen (secondary N) is 1. The van der Waals surface area contributed by atoms with Gasteiger partial charge >= 0.3 is 0 Å². The van der Waals surface area contributed by atoms with Gasteiger partial charge in [0.2, 0.25) is 0 Å². The van der Waals surface area contributed by atoms with Crippen LogP contribution < -0.4 is 10.1 Å². The Bertz CT molecular complexity index is 299. The Balaban J connectivity index is 2.54. The molecule has 0 aliphatic rings. The first-order chi connectivity index (χ1) is 6.24. The summed E-state index contributed by atoms with van der Waals surface area (Å²) in [6.45, 7) is -0.0892. The number of benzene rings is 1. The summed E-state index contributed by atoms with van der Waals surface area (Å²) >= 11 is 0. The molecule has 0 fully saturated rings. The molecule has 1 amide bonds. The van der Waals surface area contributed by atoms with E-state index in [4.69, 9.17) is 4.74 Å². The Morgan fingerprint density at radius 2 is 2.23 bits per heavy atom. The van der Waals surface area contributed by atoms with Crippen LogP contribution in [0.25, 0.3) is 0 Å². The summed E-state index contributed by atoms with van der Waals surface area (Å²) in [5.74, 6) is 0.112. The molecule has 1 rings (SSSR count). The molecular weight excluding hydrogens is 170 g/mol. The third-order valence-electron chi connectivity index (χ3n) is 1.50. The molecule has 1 aromatic rings. The van der Waals surface area contributed by atoms with E-state index in [9.17, 15) is 9.90 Å². The van der Waals surface area contributed by atoms with Crippen LogP contribution in [0.4, 0.5) is 0 Å². The summed E-state index contributed by atoms with van der Waals surface area (Å²) in [5.41, 5.74) is 0. The third kappa shape index (κ3) is 2.66. The van der Waals surface area contributed by atoms with Crippen molar-refractivity contribution in [1.29, 1.82) is 0 Å². The summed E-state index contributed by atoms with van der Waals surface area (Å²) in [6, 6.07) is 6.50. The molecule has 70 valence electrons. The number of carbonyl (C=O) groups is 1. The van der Waals surface area contributed by atoms with Crippen LogP contribution in [0, 0.1) is 0 Å². The van der Waals surface area contributed by atoms with Crippen molar-refractivity contribution >= 4 is 5.91 Å². The van der Waals surface area contributed by atoms with Gasteiger partial charge in [0.15, 0.2) is 18.1 Å². The highest BCUT2D eigenvalue weighted by atomic mass is 16.5. The predicted molar refractivity (Wildman–Crippen MR) is 47.7 cm³/mol. The van der Waals surface area contributed by atoms with E-state index in [1.807, 2.05) is 0 Å². The number of para-hydroxylation sites is 2. The molecule has 0 spiro atoms. The van der Waals surface area contributed by atoms with Crippen molar-refractivity contribution in [3.05, 3.63) is 24.3 Å². The van der Waals surface area contributed by atoms with Gasteiger partial charge in [0.05, 0.1) is 0 Å². The second-order valence-corrected chi connectivity index (χ2v) is 2.43. The van der Waals surface area contributed by atoms with Crippen molar-refractivity contribution in [2.45, 2.75) is 0 Å². The number of aromatic hydroxyl groups is 1. The molecule has 0 saturated carbocycles. The largest absolute Gasteiger partial charge is 0.504 e. The Hall–Kier alpha value is -1.71. The highest BCUT2D eigenvalue weighted by Gasteiger charge is 2.02. The van der Waals surface area contributed by atoms with Gasteiger partial charge in [0.1, 0.15) is 0 Å². The minimum absolute atomic E-state index is 0.0337. The number of hydrogen-bond donors (Lipinski definition) is 2. The van der Waals surface area contributed by atoms with Crippen molar-refractivity contribution in [1.82, 2.24) is 5.32 Å². The van der Waals surface area contributed by atoms with E-state index < -0.39 is 0 Å². The van der Waals surface area contributed by atoms with Crippen molar-refractivity contribution in [2.75, 3.05) is 13.7 Å². The number of rotatable bonds is 3. The lowest BCUT2D eigenvalue weighted by atomic mass is 10.3. The van der Waals surface area contributed by atoms with Gasteiger partial charge in [-0.25, -0.2) is 0 Å². The summed E-state index contributed by atoms with van der Waals surface area (Å²) in [7, 11) is 1.52. The smallest absolute Gasteiger partial charge is 0.257 e. The van der Waals surface area contributed by atoms with E-state index in [1.54, 1.807) is 18.2 Å². The van der Waals surface area contributed by atoms with Gasteiger partial charge in [0, 0.05) is 7.05 Å². The molecule has 0 radical (unpaired) electrons. The minimum Gasteiger partial charge on any atom is -0.504 e. The second-order valence-electron chi connectivity index (χ2n) is 2.43. The van der Waals surface area contributed by atoms with Gasteiger partial charge in [-0.1, -0.05) is 12.1 Å². The van der Waals surface area contributed by atoms with Gasteiger partial charge in [-0.05, 0) is 12.1 Å². The maximum absolute atomic E-state index is 10.8. The molecule has 2 N–H and O–H groups in total. The van der Waals surface area contributed by atoms with Gasteiger partial charge in [0.25, 0.3) is 5.91 Å². The van der Waals surface area contributed by atoms with E-state index in [1.165, 1.54) is 13.1 Å². The first-order valence-electron chi connectivity index (χ1n) is 3.85. The zero-order valence-electron chi connectivity index (χ0n) is 7.28. The average Bonchev–Trinajstić information content (AvgIpc) is 2.16. The molecule has 0 aliphatic carbocycles. The van der Waals surface area contributed by atoms with E-state index in [-0.39, 0.29) is 18.3 Å². The van der Waals surface area contributed by atoms with Crippen LogP contribution in [0.5, 0.6) is 11.5 Å². The summed E-state index contributed by atoms with van der Waals surface area (Å²) in [6.07, 6.45) is 0. The van der Waals surface area contributed by atoms with Crippen molar-refractivity contribution < 1.29 is 14.6 Å². The van der Waals surface area contributed by atoms with Crippen molar-refractivity contribution in [2.24, 2.45) is 0 Å². The van der Waals surface area contributed by atoms with Crippen LogP contribution in [-0.2, 0) is 4.79 Å². The first-order valence-corrected chi connectivity index (χ1v) is 3.85. The predicted octanol–water partition coefficient (Wildman–Crippen LogP) is 0.517. The Labute approximate surface area is 76.1 Å². The van der Waals surface area contributed by atoms with E-state index in [2.05, 4.69) is 5.32 Å². The first kappa shape index (κ1) is 9.38. The van der Waals surface area contributed by atoms with Crippen LogP contribution in [0.15, 0.2) is 24.3 Å². The topological polar surface area (TPSA) is 58.6 Å². The highest BCUT2D eigenvalue weighted by Crippen LogP contribution is 2.23. The quantitative estimate of drug-likeness (QED) is 0.714. The lowest BCUT2D eigenvalue weighted by molar-refractivity contribution is -0.122.